The zero-order chi connectivity index (χ0) is 18.3. The number of para-hydroxylation sites is 1. The normalized spacial score (nSPS) is 13.7. The highest BCUT2D eigenvalue weighted by Crippen LogP contribution is 2.32. The molecule has 2 aromatic carbocycles. The van der Waals surface area contributed by atoms with Gasteiger partial charge in [-0.3, -0.25) is 0 Å². The maximum Gasteiger partial charge on any atom is 0.124 e. The predicted molar refractivity (Wildman–Crippen MR) is 108 cm³/mol. The first-order valence-electron chi connectivity index (χ1n) is 8.83. The number of hydrogen-bond donors (Lipinski definition) is 0. The summed E-state index contributed by atoms with van der Waals surface area (Å²) in [5.41, 5.74) is 1.15. The molecule has 0 heterocycles. The molecular formula is C22H28O2Si. The van der Waals surface area contributed by atoms with Gasteiger partial charge in [-0.1, -0.05) is 74.2 Å². The molecule has 0 fully saturated rings. The van der Waals surface area contributed by atoms with Crippen LogP contribution in [0.25, 0.3) is 0 Å². The predicted octanol–water partition coefficient (Wildman–Crippen LogP) is 5.49. The summed E-state index contributed by atoms with van der Waals surface area (Å²) in [5.74, 6) is 0.784. The van der Waals surface area contributed by atoms with Gasteiger partial charge in [0, 0.05) is 11.8 Å². The molecule has 2 nitrogen and oxygen atoms in total. The van der Waals surface area contributed by atoms with E-state index in [1.165, 1.54) is 0 Å². The van der Waals surface area contributed by atoms with Gasteiger partial charge in [0.15, 0.2) is 0 Å². The number of benzene rings is 2. The number of rotatable bonds is 9. The molecule has 0 aliphatic rings. The van der Waals surface area contributed by atoms with E-state index in [4.69, 9.17) is 4.74 Å². The van der Waals surface area contributed by atoms with Crippen LogP contribution in [-0.2, 0) is 4.79 Å². The second-order valence-electron chi connectivity index (χ2n) is 7.34. The average molecular weight is 353 g/mol. The summed E-state index contributed by atoms with van der Waals surface area (Å²) >= 11 is 0. The zero-order valence-corrected chi connectivity index (χ0v) is 16.4. The lowest BCUT2D eigenvalue weighted by Gasteiger charge is -2.29. The Morgan fingerprint density at radius 1 is 1.04 bits per heavy atom. The molecule has 2 aromatic rings. The molecule has 0 saturated heterocycles. The molecule has 2 rings (SSSR count). The van der Waals surface area contributed by atoms with Crippen LogP contribution in [0.4, 0.5) is 0 Å². The first-order valence-corrected chi connectivity index (χ1v) is 12.3. The van der Waals surface area contributed by atoms with Crippen molar-refractivity contribution in [3.63, 3.8) is 0 Å². The number of ether oxygens (including phenoxy) is 1. The Labute approximate surface area is 152 Å². The number of hydrogen-bond acceptors (Lipinski definition) is 2. The van der Waals surface area contributed by atoms with Crippen molar-refractivity contribution in [1.29, 1.82) is 0 Å². The Balaban J connectivity index is 2.17. The lowest BCUT2D eigenvalue weighted by atomic mass is 9.85. The SMILES string of the molecule is C=C[C@H](c1ccccc1)[C@H](CCOc1ccccc1)C(=O)[Si](C)(C)C. The van der Waals surface area contributed by atoms with Crippen LogP contribution in [0.5, 0.6) is 5.75 Å². The fourth-order valence-electron chi connectivity index (χ4n) is 3.06. The van der Waals surface area contributed by atoms with E-state index >= 15 is 0 Å². The third-order valence-corrected chi connectivity index (χ3v) is 6.24. The molecule has 132 valence electrons. The fourth-order valence-corrected chi connectivity index (χ4v) is 4.49. The van der Waals surface area contributed by atoms with Crippen molar-refractivity contribution >= 4 is 13.5 Å². The van der Waals surface area contributed by atoms with Crippen molar-refractivity contribution in [3.8, 4) is 5.75 Å². The highest BCUT2D eigenvalue weighted by atomic mass is 28.3. The van der Waals surface area contributed by atoms with Crippen LogP contribution in [0.3, 0.4) is 0 Å². The van der Waals surface area contributed by atoms with Crippen LogP contribution in [0, 0.1) is 5.92 Å². The second-order valence-corrected chi connectivity index (χ2v) is 12.3. The van der Waals surface area contributed by atoms with Crippen molar-refractivity contribution in [2.24, 2.45) is 5.92 Å². The van der Waals surface area contributed by atoms with E-state index in [1.807, 2.05) is 54.6 Å². The summed E-state index contributed by atoms with van der Waals surface area (Å²) < 4.78 is 5.86. The maximum absolute atomic E-state index is 13.1. The van der Waals surface area contributed by atoms with Crippen LogP contribution in [0.1, 0.15) is 17.9 Å². The first kappa shape index (κ1) is 19.2. The minimum Gasteiger partial charge on any atom is -0.494 e. The Morgan fingerprint density at radius 2 is 1.60 bits per heavy atom. The lowest BCUT2D eigenvalue weighted by molar-refractivity contribution is -0.116. The fraction of sp³-hybridized carbons (Fsp3) is 0.318. The molecule has 25 heavy (non-hydrogen) atoms. The zero-order valence-electron chi connectivity index (χ0n) is 15.4. The summed E-state index contributed by atoms with van der Waals surface area (Å²) in [7, 11) is -1.91. The Hall–Kier alpha value is -2.13. The van der Waals surface area contributed by atoms with Crippen LogP contribution in [0.15, 0.2) is 73.3 Å². The molecule has 0 saturated carbocycles. The van der Waals surface area contributed by atoms with Gasteiger partial charge in [-0.25, -0.2) is 0 Å². The molecule has 0 amide bonds. The van der Waals surface area contributed by atoms with Crippen LogP contribution in [-0.4, -0.2) is 20.1 Å². The van der Waals surface area contributed by atoms with Crippen molar-refractivity contribution < 1.29 is 9.53 Å². The van der Waals surface area contributed by atoms with Gasteiger partial charge in [-0.2, -0.15) is 0 Å². The molecule has 0 aliphatic carbocycles. The molecule has 0 aromatic heterocycles. The van der Waals surface area contributed by atoms with E-state index in [0.717, 1.165) is 11.3 Å². The van der Waals surface area contributed by atoms with Gasteiger partial charge in [0.25, 0.3) is 0 Å². The largest absolute Gasteiger partial charge is 0.494 e. The van der Waals surface area contributed by atoms with E-state index in [1.54, 1.807) is 0 Å². The van der Waals surface area contributed by atoms with Gasteiger partial charge in [0.05, 0.1) is 6.61 Å². The Bertz CT molecular complexity index is 674. The second kappa shape index (κ2) is 8.81. The van der Waals surface area contributed by atoms with E-state index in [0.29, 0.717) is 18.4 Å². The third kappa shape index (κ3) is 5.43. The van der Waals surface area contributed by atoms with E-state index < -0.39 is 8.07 Å². The van der Waals surface area contributed by atoms with Crippen LogP contribution < -0.4 is 4.74 Å². The topological polar surface area (TPSA) is 26.3 Å². The minimum atomic E-state index is -1.91. The molecular weight excluding hydrogens is 324 g/mol. The van der Waals surface area contributed by atoms with Crippen molar-refractivity contribution in [1.82, 2.24) is 0 Å². The summed E-state index contributed by atoms with van der Waals surface area (Å²) in [6.45, 7) is 10.9. The quantitative estimate of drug-likeness (QED) is 0.441. The summed E-state index contributed by atoms with van der Waals surface area (Å²) in [6.07, 6.45) is 2.62. The lowest BCUT2D eigenvalue weighted by Crippen LogP contribution is -2.41. The Morgan fingerprint density at radius 3 is 2.12 bits per heavy atom. The van der Waals surface area contributed by atoms with Gasteiger partial charge < -0.3 is 9.53 Å². The number of carbonyl (C=O) groups is 1. The van der Waals surface area contributed by atoms with E-state index in [2.05, 4.69) is 38.4 Å². The van der Waals surface area contributed by atoms with Gasteiger partial charge >= 0.3 is 0 Å². The molecule has 0 radical (unpaired) electrons. The van der Waals surface area contributed by atoms with Gasteiger partial charge in [-0.05, 0) is 24.1 Å². The van der Waals surface area contributed by atoms with Crippen molar-refractivity contribution in [3.05, 3.63) is 78.9 Å². The molecule has 0 spiro atoms. The highest BCUT2D eigenvalue weighted by Gasteiger charge is 2.35. The summed E-state index contributed by atoms with van der Waals surface area (Å²) in [4.78, 5) is 13.1. The van der Waals surface area contributed by atoms with Crippen molar-refractivity contribution in [2.45, 2.75) is 32.0 Å². The van der Waals surface area contributed by atoms with Gasteiger partial charge in [0.1, 0.15) is 19.2 Å². The monoisotopic (exact) mass is 352 g/mol. The molecule has 0 aliphatic heterocycles. The van der Waals surface area contributed by atoms with Crippen LogP contribution >= 0.6 is 0 Å². The average Bonchev–Trinajstić information content (AvgIpc) is 2.61. The molecule has 0 N–H and O–H groups in total. The smallest absolute Gasteiger partial charge is 0.124 e. The highest BCUT2D eigenvalue weighted by molar-refractivity contribution is 7.03. The van der Waals surface area contributed by atoms with E-state index in [9.17, 15) is 4.79 Å². The van der Waals surface area contributed by atoms with Crippen LogP contribution in [0.2, 0.25) is 19.6 Å². The standard InChI is InChI=1S/C22H28O2Si/c1-5-20(18-12-8-6-9-13-18)21(22(23)25(2,3)4)16-17-24-19-14-10-7-11-15-19/h5-15,20-21H,1,16-17H2,2-4H3/t20-,21+/m1/s1. The molecule has 0 unspecified atom stereocenters. The number of carbonyl (C=O) groups excluding carboxylic acids is 1. The minimum absolute atomic E-state index is 0.0276. The number of allylic oxidation sites excluding steroid dienone is 1. The first-order chi connectivity index (χ1) is 11.9. The van der Waals surface area contributed by atoms with Crippen molar-refractivity contribution in [2.75, 3.05) is 6.61 Å². The summed E-state index contributed by atoms with van der Waals surface area (Å²) in [6, 6.07) is 19.9. The van der Waals surface area contributed by atoms with Gasteiger partial charge in [0.2, 0.25) is 0 Å². The van der Waals surface area contributed by atoms with E-state index in [-0.39, 0.29) is 11.8 Å². The van der Waals surface area contributed by atoms with Gasteiger partial charge in [-0.15, -0.1) is 6.58 Å². The third-order valence-electron chi connectivity index (χ3n) is 4.39. The molecule has 3 heteroatoms. The molecule has 0 bridgehead atoms. The Kier molecular flexibility index (Phi) is 6.77. The molecule has 2 atom stereocenters. The maximum atomic E-state index is 13.1. The summed E-state index contributed by atoms with van der Waals surface area (Å²) in [5, 5.41) is 0.387.